The van der Waals surface area contributed by atoms with Gasteiger partial charge in [0.15, 0.2) is 0 Å². The number of nitro groups is 1. The Balaban J connectivity index is 2.31. The van der Waals surface area contributed by atoms with E-state index in [9.17, 15) is 10.1 Å². The second kappa shape index (κ2) is 5.62. The second-order valence-corrected chi connectivity index (χ2v) is 4.26. The van der Waals surface area contributed by atoms with Crippen molar-refractivity contribution < 1.29 is 10.0 Å². The largest absolute Gasteiger partial charge is 0.394 e. The van der Waals surface area contributed by atoms with Crippen LogP contribution in [0.4, 0.5) is 11.5 Å². The van der Waals surface area contributed by atoms with E-state index in [2.05, 4.69) is 10.3 Å². The first kappa shape index (κ1) is 13.2. The third kappa shape index (κ3) is 2.97. The van der Waals surface area contributed by atoms with E-state index in [-0.39, 0.29) is 18.3 Å². The number of benzene rings is 1. The van der Waals surface area contributed by atoms with E-state index in [1.165, 1.54) is 12.1 Å². The number of fused-ring (bicyclic) bond motifs is 1. The van der Waals surface area contributed by atoms with E-state index >= 15 is 0 Å². The van der Waals surface area contributed by atoms with Gasteiger partial charge in [-0.3, -0.25) is 10.1 Å². The maximum Gasteiger partial charge on any atom is 0.270 e. The van der Waals surface area contributed by atoms with Gasteiger partial charge in [-0.05, 0) is 24.6 Å². The van der Waals surface area contributed by atoms with Gasteiger partial charge in [-0.1, -0.05) is 6.92 Å². The Morgan fingerprint density at radius 1 is 1.42 bits per heavy atom. The summed E-state index contributed by atoms with van der Waals surface area (Å²) >= 11 is 0. The van der Waals surface area contributed by atoms with Crippen molar-refractivity contribution in [3.05, 3.63) is 40.4 Å². The van der Waals surface area contributed by atoms with Crippen molar-refractivity contribution in [1.29, 1.82) is 0 Å². The summed E-state index contributed by atoms with van der Waals surface area (Å²) in [4.78, 5) is 14.6. The van der Waals surface area contributed by atoms with Crippen LogP contribution >= 0.6 is 0 Å². The normalized spacial score (nSPS) is 12.3. The zero-order valence-electron chi connectivity index (χ0n) is 10.5. The molecule has 1 aromatic carbocycles. The van der Waals surface area contributed by atoms with Crippen LogP contribution < -0.4 is 5.32 Å². The molecule has 0 aliphatic rings. The molecule has 1 atom stereocenters. The molecule has 2 N–H and O–H groups in total. The highest BCUT2D eigenvalue weighted by Gasteiger charge is 2.09. The van der Waals surface area contributed by atoms with Crippen LogP contribution in [0.3, 0.4) is 0 Å². The average molecular weight is 261 g/mol. The minimum Gasteiger partial charge on any atom is -0.394 e. The van der Waals surface area contributed by atoms with Crippen LogP contribution in [0.5, 0.6) is 0 Å². The van der Waals surface area contributed by atoms with Gasteiger partial charge in [0, 0.05) is 17.5 Å². The number of pyridine rings is 1. The number of hydrogen-bond donors (Lipinski definition) is 2. The summed E-state index contributed by atoms with van der Waals surface area (Å²) in [6.07, 6.45) is 0.788. The summed E-state index contributed by atoms with van der Waals surface area (Å²) in [6.45, 7) is 2.01. The first-order valence-corrected chi connectivity index (χ1v) is 6.06. The molecule has 6 nitrogen and oxygen atoms in total. The van der Waals surface area contributed by atoms with Gasteiger partial charge in [-0.15, -0.1) is 0 Å². The molecule has 0 spiro atoms. The van der Waals surface area contributed by atoms with Crippen LogP contribution in [0, 0.1) is 10.1 Å². The van der Waals surface area contributed by atoms with Crippen molar-refractivity contribution >= 4 is 22.4 Å². The molecule has 1 unspecified atom stereocenters. The number of hydrogen-bond acceptors (Lipinski definition) is 5. The molecule has 0 radical (unpaired) electrons. The van der Waals surface area contributed by atoms with Crippen LogP contribution in [-0.2, 0) is 0 Å². The number of non-ortho nitro benzene ring substituents is 1. The highest BCUT2D eigenvalue weighted by molar-refractivity contribution is 5.82. The Labute approximate surface area is 110 Å². The average Bonchev–Trinajstić information content (AvgIpc) is 2.43. The molecule has 1 aromatic heterocycles. The van der Waals surface area contributed by atoms with E-state index in [0.717, 1.165) is 11.8 Å². The third-order valence-electron chi connectivity index (χ3n) is 2.95. The van der Waals surface area contributed by atoms with Crippen LogP contribution in [0.1, 0.15) is 13.3 Å². The smallest absolute Gasteiger partial charge is 0.270 e. The maximum absolute atomic E-state index is 10.7. The molecular weight excluding hydrogens is 246 g/mol. The van der Waals surface area contributed by atoms with Crippen molar-refractivity contribution in [1.82, 2.24) is 4.98 Å². The lowest BCUT2D eigenvalue weighted by molar-refractivity contribution is -0.384. The highest BCUT2D eigenvalue weighted by Crippen LogP contribution is 2.21. The molecule has 0 saturated heterocycles. The third-order valence-corrected chi connectivity index (χ3v) is 2.95. The minimum absolute atomic E-state index is 0.0382. The number of aliphatic hydroxyl groups is 1. The van der Waals surface area contributed by atoms with Crippen LogP contribution in [0.15, 0.2) is 30.3 Å². The first-order chi connectivity index (χ1) is 9.13. The van der Waals surface area contributed by atoms with Gasteiger partial charge in [-0.25, -0.2) is 4.98 Å². The number of anilines is 1. The van der Waals surface area contributed by atoms with Gasteiger partial charge >= 0.3 is 0 Å². The van der Waals surface area contributed by atoms with Crippen LogP contribution in [0.2, 0.25) is 0 Å². The number of aliphatic hydroxyl groups excluding tert-OH is 1. The van der Waals surface area contributed by atoms with Crippen molar-refractivity contribution in [2.24, 2.45) is 0 Å². The molecule has 100 valence electrons. The molecule has 19 heavy (non-hydrogen) atoms. The van der Waals surface area contributed by atoms with Gasteiger partial charge in [0.2, 0.25) is 0 Å². The number of nitro benzene ring substituents is 1. The number of rotatable bonds is 5. The van der Waals surface area contributed by atoms with E-state index in [0.29, 0.717) is 11.3 Å². The molecule has 0 fully saturated rings. The lowest BCUT2D eigenvalue weighted by Gasteiger charge is -2.14. The fourth-order valence-corrected chi connectivity index (χ4v) is 1.79. The van der Waals surface area contributed by atoms with Gasteiger partial charge in [0.05, 0.1) is 23.1 Å². The number of aromatic nitrogens is 1. The lowest BCUT2D eigenvalue weighted by Crippen LogP contribution is -2.23. The van der Waals surface area contributed by atoms with Gasteiger partial charge in [0.1, 0.15) is 5.82 Å². The predicted octanol–water partition coefficient (Wildman–Crippen LogP) is 2.33. The minimum atomic E-state index is -0.426. The number of nitrogens with one attached hydrogen (secondary N) is 1. The Hall–Kier alpha value is -2.21. The molecule has 0 amide bonds. The zero-order valence-corrected chi connectivity index (χ0v) is 10.5. The SMILES string of the molecule is CCC(CO)Nc1ccc2cc([N+](=O)[O-])ccc2n1. The van der Waals surface area contributed by atoms with Gasteiger partial charge in [0.25, 0.3) is 5.69 Å². The van der Waals surface area contributed by atoms with Gasteiger partial charge in [-0.2, -0.15) is 0 Å². The molecule has 0 aliphatic heterocycles. The molecule has 6 heteroatoms. The Morgan fingerprint density at radius 3 is 2.84 bits per heavy atom. The van der Waals surface area contributed by atoms with Crippen molar-refractivity contribution in [3.8, 4) is 0 Å². The summed E-state index contributed by atoms with van der Waals surface area (Å²) < 4.78 is 0. The fourth-order valence-electron chi connectivity index (χ4n) is 1.79. The molecule has 0 aliphatic carbocycles. The lowest BCUT2D eigenvalue weighted by atomic mass is 10.2. The molecule has 2 aromatic rings. The predicted molar refractivity (Wildman–Crippen MR) is 73.2 cm³/mol. The van der Waals surface area contributed by atoms with E-state index < -0.39 is 4.92 Å². The molecule has 0 saturated carbocycles. The monoisotopic (exact) mass is 261 g/mol. The molecule has 1 heterocycles. The van der Waals surface area contributed by atoms with Crippen LogP contribution in [-0.4, -0.2) is 27.7 Å². The molecule has 2 rings (SSSR count). The summed E-state index contributed by atoms with van der Waals surface area (Å²) in [5.74, 6) is 0.655. The van der Waals surface area contributed by atoms with Gasteiger partial charge < -0.3 is 10.4 Å². The van der Waals surface area contributed by atoms with E-state index in [4.69, 9.17) is 5.11 Å². The Morgan fingerprint density at radius 2 is 2.21 bits per heavy atom. The topological polar surface area (TPSA) is 88.3 Å². The van der Waals surface area contributed by atoms with Crippen LogP contribution in [0.25, 0.3) is 10.9 Å². The van der Waals surface area contributed by atoms with Crippen molar-refractivity contribution in [2.75, 3.05) is 11.9 Å². The molecular formula is C13H15N3O3. The second-order valence-electron chi connectivity index (χ2n) is 4.26. The summed E-state index contributed by atoms with van der Waals surface area (Å²) in [7, 11) is 0. The highest BCUT2D eigenvalue weighted by atomic mass is 16.6. The summed E-state index contributed by atoms with van der Waals surface area (Å²) in [6, 6.07) is 8.05. The van der Waals surface area contributed by atoms with Crippen molar-refractivity contribution in [3.63, 3.8) is 0 Å². The first-order valence-electron chi connectivity index (χ1n) is 6.06. The standard InChI is InChI=1S/C13H15N3O3/c1-2-10(8-17)14-13-6-3-9-7-11(16(18)19)4-5-12(9)15-13/h3-7,10,17H,2,8H2,1H3,(H,14,15). The Bertz CT molecular complexity index is 597. The quantitative estimate of drug-likeness (QED) is 0.637. The zero-order chi connectivity index (χ0) is 13.8. The maximum atomic E-state index is 10.7. The summed E-state index contributed by atoms with van der Waals surface area (Å²) in [5, 5.41) is 23.6. The fraction of sp³-hybridized carbons (Fsp3) is 0.308. The van der Waals surface area contributed by atoms with E-state index in [1.807, 2.05) is 6.92 Å². The summed E-state index contributed by atoms with van der Waals surface area (Å²) in [5.41, 5.74) is 0.736. The van der Waals surface area contributed by atoms with Crippen molar-refractivity contribution in [2.45, 2.75) is 19.4 Å². The molecule has 0 bridgehead atoms. The number of nitrogens with zero attached hydrogens (tertiary/aromatic N) is 2. The Kier molecular flexibility index (Phi) is 3.91. The van der Waals surface area contributed by atoms with E-state index in [1.54, 1.807) is 18.2 Å².